The van der Waals surface area contributed by atoms with Gasteiger partial charge < -0.3 is 16.2 Å². The van der Waals surface area contributed by atoms with E-state index in [9.17, 15) is 4.79 Å². The minimum absolute atomic E-state index is 0.338. The summed E-state index contributed by atoms with van der Waals surface area (Å²) in [4.78, 5) is 10.4. The molecule has 0 heterocycles. The highest BCUT2D eigenvalue weighted by Crippen LogP contribution is 2.13. The van der Waals surface area contributed by atoms with Gasteiger partial charge in [0.2, 0.25) is 0 Å². The van der Waals surface area contributed by atoms with Crippen LogP contribution >= 0.6 is 0 Å². The minimum atomic E-state index is -0.658. The van der Waals surface area contributed by atoms with Crippen LogP contribution in [0.2, 0.25) is 0 Å². The first kappa shape index (κ1) is 23.4. The monoisotopic (exact) mass is 342 g/mol. The molecule has 4 heteroatoms. The number of nitrogens with one attached hydrogen (secondary N) is 1. The summed E-state index contributed by atoms with van der Waals surface area (Å²) in [7, 11) is 0. The van der Waals surface area contributed by atoms with Crippen molar-refractivity contribution >= 4 is 5.97 Å². The molecule has 0 bridgehead atoms. The Labute approximate surface area is 150 Å². The molecule has 0 aromatic carbocycles. The van der Waals surface area contributed by atoms with Crippen molar-refractivity contribution in [2.24, 2.45) is 5.73 Å². The average Bonchev–Trinajstić information content (AvgIpc) is 2.56. The van der Waals surface area contributed by atoms with Gasteiger partial charge in [-0.25, -0.2) is 0 Å². The van der Waals surface area contributed by atoms with Crippen LogP contribution in [-0.2, 0) is 4.79 Å². The number of carboxylic acid groups (broad SMARTS) is 1. The molecule has 0 aliphatic carbocycles. The Bertz CT molecular complexity index is 260. The van der Waals surface area contributed by atoms with E-state index in [1.54, 1.807) is 0 Å². The summed E-state index contributed by atoms with van der Waals surface area (Å²) in [5.41, 5.74) is 5.43. The number of aliphatic carboxylic acids is 1. The van der Waals surface area contributed by atoms with Gasteiger partial charge in [-0.05, 0) is 19.4 Å². The summed E-state index contributed by atoms with van der Waals surface area (Å²) in [6.07, 6.45) is 19.8. The van der Waals surface area contributed by atoms with Crippen LogP contribution in [0.25, 0.3) is 0 Å². The van der Waals surface area contributed by atoms with Crippen molar-refractivity contribution in [2.45, 2.75) is 103 Å². The number of nitrogens with two attached hydrogens (primary N) is 1. The van der Waals surface area contributed by atoms with Crippen molar-refractivity contribution in [3.63, 3.8) is 0 Å². The smallest absolute Gasteiger partial charge is 0.303 e. The van der Waals surface area contributed by atoms with Gasteiger partial charge in [0.25, 0.3) is 0 Å². The maximum absolute atomic E-state index is 10.4. The largest absolute Gasteiger partial charge is 0.481 e. The Balaban J connectivity index is 2.97. The van der Waals surface area contributed by atoms with Gasteiger partial charge in [-0.2, -0.15) is 0 Å². The normalized spacial score (nSPS) is 11.0. The van der Waals surface area contributed by atoms with E-state index in [1.807, 2.05) is 0 Å². The second-order valence-corrected chi connectivity index (χ2v) is 6.99. The molecule has 24 heavy (non-hydrogen) atoms. The minimum Gasteiger partial charge on any atom is -0.481 e. The number of hydrogen-bond acceptors (Lipinski definition) is 3. The summed E-state index contributed by atoms with van der Waals surface area (Å²) in [6, 6.07) is 0. The molecule has 4 N–H and O–H groups in total. The standard InChI is InChI=1S/C20H42N2O2/c21-17-19-22-18-15-13-11-9-7-5-3-1-2-4-6-8-10-12-14-16-20(23)24/h22H,1-19,21H2,(H,23,24). The van der Waals surface area contributed by atoms with Crippen LogP contribution in [0.4, 0.5) is 0 Å². The first-order chi connectivity index (χ1) is 11.8. The maximum Gasteiger partial charge on any atom is 0.303 e. The first-order valence-corrected chi connectivity index (χ1v) is 10.4. The Morgan fingerprint density at radius 3 is 1.38 bits per heavy atom. The molecular weight excluding hydrogens is 300 g/mol. The third kappa shape index (κ3) is 21.4. The number of hydrogen-bond donors (Lipinski definition) is 3. The third-order valence-corrected chi connectivity index (χ3v) is 4.57. The molecule has 0 aliphatic rings. The summed E-state index contributed by atoms with van der Waals surface area (Å²) >= 11 is 0. The van der Waals surface area contributed by atoms with Crippen LogP contribution in [0.3, 0.4) is 0 Å². The van der Waals surface area contributed by atoms with Crippen LogP contribution in [0.15, 0.2) is 0 Å². The summed E-state index contributed by atoms with van der Waals surface area (Å²) in [5, 5.41) is 11.9. The van der Waals surface area contributed by atoms with E-state index in [1.165, 1.54) is 83.5 Å². The molecule has 0 saturated heterocycles. The third-order valence-electron chi connectivity index (χ3n) is 4.57. The molecule has 0 aromatic rings. The van der Waals surface area contributed by atoms with Crippen LogP contribution in [0, 0.1) is 0 Å². The maximum atomic E-state index is 10.4. The zero-order valence-corrected chi connectivity index (χ0v) is 15.9. The quantitative estimate of drug-likeness (QED) is 0.276. The van der Waals surface area contributed by atoms with Crippen molar-refractivity contribution in [3.05, 3.63) is 0 Å². The Morgan fingerprint density at radius 1 is 0.625 bits per heavy atom. The lowest BCUT2D eigenvalue weighted by Crippen LogP contribution is -2.23. The van der Waals surface area contributed by atoms with E-state index < -0.39 is 5.97 Å². The molecular formula is C20H42N2O2. The molecule has 0 spiro atoms. The average molecular weight is 343 g/mol. The molecule has 0 amide bonds. The van der Waals surface area contributed by atoms with Crippen molar-refractivity contribution < 1.29 is 9.90 Å². The van der Waals surface area contributed by atoms with E-state index in [0.29, 0.717) is 6.42 Å². The predicted octanol–water partition coefficient (Wildman–Crippen LogP) is 4.86. The predicted molar refractivity (Wildman–Crippen MR) is 103 cm³/mol. The molecule has 0 aromatic heterocycles. The molecule has 4 nitrogen and oxygen atoms in total. The lowest BCUT2D eigenvalue weighted by molar-refractivity contribution is -0.137. The van der Waals surface area contributed by atoms with Crippen LogP contribution in [-0.4, -0.2) is 30.7 Å². The number of rotatable bonds is 20. The first-order valence-electron chi connectivity index (χ1n) is 10.4. The van der Waals surface area contributed by atoms with Gasteiger partial charge in [-0.1, -0.05) is 83.5 Å². The second kappa shape index (κ2) is 20.4. The van der Waals surface area contributed by atoms with Gasteiger partial charge in [0.05, 0.1) is 0 Å². The molecule has 144 valence electrons. The summed E-state index contributed by atoms with van der Waals surface area (Å²) in [5.74, 6) is -0.658. The zero-order valence-electron chi connectivity index (χ0n) is 15.9. The summed E-state index contributed by atoms with van der Waals surface area (Å²) in [6.45, 7) is 2.81. The zero-order chi connectivity index (χ0) is 17.7. The van der Waals surface area contributed by atoms with Gasteiger partial charge >= 0.3 is 5.97 Å². The van der Waals surface area contributed by atoms with Crippen molar-refractivity contribution in [2.75, 3.05) is 19.6 Å². The highest BCUT2D eigenvalue weighted by molar-refractivity contribution is 5.66. The van der Waals surface area contributed by atoms with Crippen molar-refractivity contribution in [3.8, 4) is 0 Å². The highest BCUT2D eigenvalue weighted by atomic mass is 16.4. The lowest BCUT2D eigenvalue weighted by atomic mass is 10.0. The molecule has 0 rings (SSSR count). The van der Waals surface area contributed by atoms with E-state index in [0.717, 1.165) is 32.5 Å². The van der Waals surface area contributed by atoms with E-state index >= 15 is 0 Å². The molecule has 0 aliphatic heterocycles. The van der Waals surface area contributed by atoms with Gasteiger partial charge in [-0.3, -0.25) is 4.79 Å². The Kier molecular flexibility index (Phi) is 19.9. The van der Waals surface area contributed by atoms with E-state index in [-0.39, 0.29) is 0 Å². The fourth-order valence-electron chi connectivity index (χ4n) is 3.05. The Hall–Kier alpha value is -0.610. The van der Waals surface area contributed by atoms with Crippen molar-refractivity contribution in [1.82, 2.24) is 5.32 Å². The fourth-order valence-corrected chi connectivity index (χ4v) is 3.05. The fraction of sp³-hybridized carbons (Fsp3) is 0.950. The Morgan fingerprint density at radius 2 is 1.00 bits per heavy atom. The lowest BCUT2D eigenvalue weighted by Gasteiger charge is -2.04. The molecule has 0 unspecified atom stereocenters. The van der Waals surface area contributed by atoms with E-state index in [2.05, 4.69) is 5.32 Å². The van der Waals surface area contributed by atoms with Gasteiger partial charge in [0, 0.05) is 19.5 Å². The van der Waals surface area contributed by atoms with Gasteiger partial charge in [0.1, 0.15) is 0 Å². The van der Waals surface area contributed by atoms with Crippen molar-refractivity contribution in [1.29, 1.82) is 0 Å². The van der Waals surface area contributed by atoms with E-state index in [4.69, 9.17) is 10.8 Å². The molecule has 0 saturated carbocycles. The topological polar surface area (TPSA) is 75.3 Å². The number of carboxylic acids is 1. The summed E-state index contributed by atoms with van der Waals surface area (Å²) < 4.78 is 0. The molecule has 0 radical (unpaired) electrons. The molecule has 0 atom stereocenters. The van der Waals surface area contributed by atoms with Crippen LogP contribution in [0.5, 0.6) is 0 Å². The molecule has 0 fully saturated rings. The highest BCUT2D eigenvalue weighted by Gasteiger charge is 1.97. The second-order valence-electron chi connectivity index (χ2n) is 6.99. The van der Waals surface area contributed by atoms with Gasteiger partial charge in [-0.15, -0.1) is 0 Å². The number of unbranched alkanes of at least 4 members (excludes halogenated alkanes) is 14. The number of carbonyl (C=O) groups is 1. The van der Waals surface area contributed by atoms with Crippen LogP contribution in [0.1, 0.15) is 103 Å². The van der Waals surface area contributed by atoms with Crippen LogP contribution < -0.4 is 11.1 Å². The van der Waals surface area contributed by atoms with Gasteiger partial charge in [0.15, 0.2) is 0 Å². The SMILES string of the molecule is NCCNCCCCCCCCCCCCCCCCCC(=O)O.